The predicted octanol–water partition coefficient (Wildman–Crippen LogP) is 5.21. The Morgan fingerprint density at radius 1 is 0.632 bits per heavy atom. The van der Waals surface area contributed by atoms with Crippen molar-refractivity contribution in [1.82, 2.24) is 0 Å². The second kappa shape index (κ2) is 10.1. The van der Waals surface area contributed by atoms with Gasteiger partial charge in [-0.1, -0.05) is 52.4 Å². The van der Waals surface area contributed by atoms with Gasteiger partial charge in [0.15, 0.2) is 0 Å². The van der Waals surface area contributed by atoms with Crippen LogP contribution in [0, 0.1) is 11.8 Å². The normalized spacial score (nSPS) is 10.0. The molecule has 0 bridgehead atoms. The molecule has 0 saturated carbocycles. The van der Waals surface area contributed by atoms with E-state index in [0.29, 0.717) is 0 Å². The monoisotopic (exact) mass is 293 g/mol. The molecule has 2 aromatic rings. The van der Waals surface area contributed by atoms with Gasteiger partial charge >= 0.3 is 18.6 Å². The number of hydrogen-bond acceptors (Lipinski definition) is 0. The minimum atomic E-state index is 0. The van der Waals surface area contributed by atoms with E-state index in [1.807, 2.05) is 0 Å². The van der Waals surface area contributed by atoms with Crippen molar-refractivity contribution in [2.75, 3.05) is 0 Å². The van der Waals surface area contributed by atoms with Crippen molar-refractivity contribution in [1.29, 1.82) is 0 Å². The van der Waals surface area contributed by atoms with Gasteiger partial charge in [-0.2, -0.15) is 35.4 Å². The molecule has 0 saturated heterocycles. The third-order valence-electron chi connectivity index (χ3n) is 2.75. The Bertz CT molecular complexity index is 339. The van der Waals surface area contributed by atoms with Gasteiger partial charge in [-0.15, -0.1) is 0 Å². The van der Waals surface area contributed by atoms with Crippen molar-refractivity contribution in [2.24, 2.45) is 11.8 Å². The Balaban J connectivity index is 0.000000324. The molecule has 0 N–H and O–H groups in total. The molecule has 0 amide bonds. The molecule has 0 spiro atoms. The summed E-state index contributed by atoms with van der Waals surface area (Å²) in [6.45, 7) is 8.97. The minimum Gasteiger partial charge on any atom is -0.213 e. The van der Waals surface area contributed by atoms with Crippen LogP contribution in [0.5, 0.6) is 0 Å². The Labute approximate surface area is 130 Å². The van der Waals surface area contributed by atoms with E-state index in [1.165, 1.54) is 24.0 Å². The molecular formula is C18H26V. The molecule has 1 heteroatoms. The zero-order chi connectivity index (χ0) is 13.4. The van der Waals surface area contributed by atoms with Gasteiger partial charge in [-0.3, -0.25) is 0 Å². The fraction of sp³-hybridized carbons (Fsp3) is 0.444. The van der Waals surface area contributed by atoms with E-state index in [9.17, 15) is 0 Å². The zero-order valence-corrected chi connectivity index (χ0v) is 14.0. The van der Waals surface area contributed by atoms with E-state index < -0.39 is 0 Å². The van der Waals surface area contributed by atoms with Crippen LogP contribution in [0.4, 0.5) is 0 Å². The molecule has 103 valence electrons. The molecule has 0 atom stereocenters. The topological polar surface area (TPSA) is 0 Å². The van der Waals surface area contributed by atoms with Gasteiger partial charge < -0.3 is 0 Å². The second-order valence-electron chi connectivity index (χ2n) is 5.78. The van der Waals surface area contributed by atoms with Gasteiger partial charge in [0, 0.05) is 0 Å². The third-order valence-corrected chi connectivity index (χ3v) is 2.75. The summed E-state index contributed by atoms with van der Waals surface area (Å²) >= 11 is 0. The molecule has 0 aliphatic carbocycles. The van der Waals surface area contributed by atoms with Crippen LogP contribution in [0.1, 0.15) is 38.8 Å². The van der Waals surface area contributed by atoms with Crippen LogP contribution in [0.15, 0.2) is 48.5 Å². The largest absolute Gasteiger partial charge is 2.00 e. The standard InChI is InChI=1S/2C9H13.V/c2*1-8(2)7-9-5-3-4-6-9;/h2*3-6,8H,7H2,1-2H3;/q2*-1;+2. The summed E-state index contributed by atoms with van der Waals surface area (Å²) in [5.74, 6) is 1.57. The average molecular weight is 293 g/mol. The van der Waals surface area contributed by atoms with Crippen molar-refractivity contribution in [3.8, 4) is 0 Å². The van der Waals surface area contributed by atoms with E-state index >= 15 is 0 Å². The maximum atomic E-state index is 2.24. The molecule has 2 aromatic carbocycles. The maximum Gasteiger partial charge on any atom is 2.00 e. The molecule has 0 aliphatic rings. The molecule has 0 unspecified atom stereocenters. The Morgan fingerprint density at radius 2 is 0.895 bits per heavy atom. The first-order valence-corrected chi connectivity index (χ1v) is 6.99. The van der Waals surface area contributed by atoms with Crippen molar-refractivity contribution in [3.63, 3.8) is 0 Å². The summed E-state index contributed by atoms with van der Waals surface area (Å²) < 4.78 is 0. The summed E-state index contributed by atoms with van der Waals surface area (Å²) in [5, 5.41) is 0. The van der Waals surface area contributed by atoms with Crippen LogP contribution in [0.3, 0.4) is 0 Å². The van der Waals surface area contributed by atoms with Crippen LogP contribution in [-0.2, 0) is 31.4 Å². The Hall–Kier alpha value is -0.716. The molecule has 2 rings (SSSR count). The molecule has 19 heavy (non-hydrogen) atoms. The van der Waals surface area contributed by atoms with Gasteiger partial charge in [-0.25, -0.2) is 24.3 Å². The van der Waals surface area contributed by atoms with Crippen LogP contribution in [0.25, 0.3) is 0 Å². The smallest absolute Gasteiger partial charge is 0.213 e. The van der Waals surface area contributed by atoms with Crippen LogP contribution in [0.2, 0.25) is 0 Å². The molecule has 0 heterocycles. The predicted molar refractivity (Wildman–Crippen MR) is 81.2 cm³/mol. The zero-order valence-electron chi connectivity index (χ0n) is 12.6. The summed E-state index contributed by atoms with van der Waals surface area (Å²) in [6.07, 6.45) is 2.43. The second-order valence-corrected chi connectivity index (χ2v) is 5.78. The van der Waals surface area contributed by atoms with Crippen LogP contribution in [-0.4, -0.2) is 0 Å². The average Bonchev–Trinajstić information content (AvgIpc) is 2.90. The first-order valence-electron chi connectivity index (χ1n) is 6.99. The molecular weight excluding hydrogens is 267 g/mol. The first-order chi connectivity index (χ1) is 8.58. The molecule has 0 aliphatic heterocycles. The summed E-state index contributed by atoms with van der Waals surface area (Å²) in [5.41, 5.74) is 2.93. The van der Waals surface area contributed by atoms with Crippen molar-refractivity contribution < 1.29 is 18.6 Å². The van der Waals surface area contributed by atoms with E-state index in [1.54, 1.807) is 0 Å². The fourth-order valence-corrected chi connectivity index (χ4v) is 2.04. The van der Waals surface area contributed by atoms with Gasteiger partial charge in [0.05, 0.1) is 0 Å². The summed E-state index contributed by atoms with van der Waals surface area (Å²) in [7, 11) is 0. The van der Waals surface area contributed by atoms with Crippen molar-refractivity contribution >= 4 is 0 Å². The van der Waals surface area contributed by atoms with E-state index in [2.05, 4.69) is 76.2 Å². The van der Waals surface area contributed by atoms with Crippen LogP contribution >= 0.6 is 0 Å². The van der Waals surface area contributed by atoms with Gasteiger partial charge in [0.25, 0.3) is 0 Å². The van der Waals surface area contributed by atoms with Gasteiger partial charge in [0.2, 0.25) is 0 Å². The molecule has 0 nitrogen and oxygen atoms in total. The van der Waals surface area contributed by atoms with E-state index in [0.717, 1.165) is 11.8 Å². The molecule has 1 radical (unpaired) electrons. The number of rotatable bonds is 4. The SMILES string of the molecule is CC(C)C[c-]1cccc1.CC(C)C[c-]1cccc1.[V+2]. The minimum absolute atomic E-state index is 0. The fourth-order valence-electron chi connectivity index (χ4n) is 2.04. The van der Waals surface area contributed by atoms with Gasteiger partial charge in [0.1, 0.15) is 0 Å². The van der Waals surface area contributed by atoms with Crippen LogP contribution < -0.4 is 0 Å². The molecule has 0 fully saturated rings. The van der Waals surface area contributed by atoms with Crippen molar-refractivity contribution in [3.05, 3.63) is 59.7 Å². The first kappa shape index (κ1) is 18.3. The Kier molecular flexibility index (Phi) is 9.74. The number of hydrogen-bond donors (Lipinski definition) is 0. The Morgan fingerprint density at radius 3 is 1.11 bits per heavy atom. The summed E-state index contributed by atoms with van der Waals surface area (Å²) in [6, 6.07) is 17.1. The molecule has 0 aromatic heterocycles. The maximum absolute atomic E-state index is 2.24. The van der Waals surface area contributed by atoms with Gasteiger partial charge in [-0.05, 0) is 0 Å². The van der Waals surface area contributed by atoms with E-state index in [-0.39, 0.29) is 18.6 Å². The third kappa shape index (κ3) is 8.91. The van der Waals surface area contributed by atoms with E-state index in [4.69, 9.17) is 0 Å². The summed E-state index contributed by atoms with van der Waals surface area (Å²) in [4.78, 5) is 0. The quantitative estimate of drug-likeness (QED) is 0.679. The van der Waals surface area contributed by atoms with Crippen molar-refractivity contribution in [2.45, 2.75) is 40.5 Å².